The molecule has 0 aliphatic rings. The van der Waals surface area contributed by atoms with Gasteiger partial charge in [0, 0.05) is 26.7 Å². The third-order valence-electron chi connectivity index (χ3n) is 1.22. The number of hydrogen-bond donors (Lipinski definition) is 0. The highest BCUT2D eigenvalue weighted by Crippen LogP contribution is 1.95. The fourth-order valence-corrected chi connectivity index (χ4v) is 0.684. The van der Waals surface area contributed by atoms with Crippen LogP contribution in [0.2, 0.25) is 0 Å². The van der Waals surface area contributed by atoms with E-state index >= 15 is 0 Å². The van der Waals surface area contributed by atoms with E-state index in [-0.39, 0.29) is 0 Å². The van der Waals surface area contributed by atoms with Gasteiger partial charge in [0.1, 0.15) is 6.29 Å². The summed E-state index contributed by atoms with van der Waals surface area (Å²) >= 11 is 0. The number of carbonyl (C=O) groups is 1. The highest BCUT2D eigenvalue weighted by atomic mass is 16.1. The van der Waals surface area contributed by atoms with E-state index in [0.29, 0.717) is 6.42 Å². The normalized spacial score (nSPS) is 10.4. The number of aldehydes is 1. The van der Waals surface area contributed by atoms with E-state index in [2.05, 4.69) is 5.10 Å². The topological polar surface area (TPSA) is 32.7 Å². The summed E-state index contributed by atoms with van der Waals surface area (Å²) in [5.74, 6) is 0. The number of rotatable bonds is 6. The highest BCUT2D eigenvalue weighted by Gasteiger charge is 1.84. The molecule has 0 atom stereocenters. The Labute approximate surface area is 68.1 Å². The van der Waals surface area contributed by atoms with Gasteiger partial charge in [-0.15, -0.1) is 0 Å². The first-order valence-corrected chi connectivity index (χ1v) is 3.90. The third kappa shape index (κ3) is 9.14. The molecule has 0 bridgehead atoms. The first-order chi connectivity index (χ1) is 5.27. The molecule has 0 aromatic carbocycles. The Hall–Kier alpha value is -0.860. The zero-order valence-corrected chi connectivity index (χ0v) is 7.29. The van der Waals surface area contributed by atoms with E-state index < -0.39 is 0 Å². The molecule has 0 aliphatic carbocycles. The van der Waals surface area contributed by atoms with Crippen molar-refractivity contribution in [2.24, 2.45) is 5.10 Å². The van der Waals surface area contributed by atoms with Crippen molar-refractivity contribution in [2.75, 3.05) is 14.1 Å². The quantitative estimate of drug-likeness (QED) is 0.251. The molecule has 0 saturated heterocycles. The van der Waals surface area contributed by atoms with Crippen LogP contribution in [0.25, 0.3) is 0 Å². The zero-order valence-electron chi connectivity index (χ0n) is 7.29. The molecule has 11 heavy (non-hydrogen) atoms. The Morgan fingerprint density at radius 1 is 1.27 bits per heavy atom. The molecule has 0 unspecified atom stereocenters. The van der Waals surface area contributed by atoms with Crippen molar-refractivity contribution < 1.29 is 4.79 Å². The lowest BCUT2D eigenvalue weighted by atomic mass is 10.2. The molecule has 0 radical (unpaired) electrons. The molecule has 0 aromatic rings. The molecule has 64 valence electrons. The third-order valence-corrected chi connectivity index (χ3v) is 1.22. The molecule has 0 aromatic heterocycles. The number of hydrazone groups is 1. The summed E-state index contributed by atoms with van der Waals surface area (Å²) < 4.78 is 0. The molecular formula is C8H16N2O. The monoisotopic (exact) mass is 156 g/mol. The van der Waals surface area contributed by atoms with Crippen molar-refractivity contribution in [2.45, 2.75) is 25.7 Å². The molecule has 0 saturated carbocycles. The Morgan fingerprint density at radius 2 is 1.91 bits per heavy atom. The second kappa shape index (κ2) is 7.25. The summed E-state index contributed by atoms with van der Waals surface area (Å²) in [6.45, 7) is 0. The molecule has 0 amide bonds. The van der Waals surface area contributed by atoms with Crippen LogP contribution in [-0.2, 0) is 4.79 Å². The number of unbranched alkanes of at least 4 members (excludes halogenated alkanes) is 3. The van der Waals surface area contributed by atoms with Gasteiger partial charge in [0.2, 0.25) is 0 Å². The second-order valence-corrected chi connectivity index (χ2v) is 2.60. The van der Waals surface area contributed by atoms with Gasteiger partial charge < -0.3 is 9.80 Å². The van der Waals surface area contributed by atoms with Crippen molar-refractivity contribution in [3.05, 3.63) is 0 Å². The van der Waals surface area contributed by atoms with Gasteiger partial charge in [-0.3, -0.25) is 0 Å². The summed E-state index contributed by atoms with van der Waals surface area (Å²) in [5.41, 5.74) is 0. The Kier molecular flexibility index (Phi) is 6.68. The summed E-state index contributed by atoms with van der Waals surface area (Å²) in [6.07, 6.45) is 6.51. The smallest absolute Gasteiger partial charge is 0.119 e. The molecule has 0 aliphatic heterocycles. The van der Waals surface area contributed by atoms with Gasteiger partial charge in [-0.1, -0.05) is 0 Å². The molecular weight excluding hydrogens is 140 g/mol. The van der Waals surface area contributed by atoms with Crippen molar-refractivity contribution in [3.63, 3.8) is 0 Å². The molecule has 0 spiro atoms. The summed E-state index contributed by atoms with van der Waals surface area (Å²) in [4.78, 5) is 9.90. The minimum Gasteiger partial charge on any atom is -0.303 e. The van der Waals surface area contributed by atoms with Gasteiger partial charge in [0.05, 0.1) is 0 Å². The summed E-state index contributed by atoms with van der Waals surface area (Å²) in [5, 5.41) is 5.81. The van der Waals surface area contributed by atoms with Crippen molar-refractivity contribution in [1.82, 2.24) is 5.01 Å². The van der Waals surface area contributed by atoms with Crippen LogP contribution in [0.3, 0.4) is 0 Å². The minimum absolute atomic E-state index is 0.676. The van der Waals surface area contributed by atoms with Crippen LogP contribution >= 0.6 is 0 Å². The van der Waals surface area contributed by atoms with Gasteiger partial charge in [-0.25, -0.2) is 0 Å². The van der Waals surface area contributed by atoms with E-state index in [4.69, 9.17) is 0 Å². The number of carbonyl (C=O) groups excluding carboxylic acids is 1. The van der Waals surface area contributed by atoms with Crippen LogP contribution < -0.4 is 0 Å². The van der Waals surface area contributed by atoms with E-state index in [0.717, 1.165) is 25.5 Å². The van der Waals surface area contributed by atoms with Gasteiger partial charge in [0.15, 0.2) is 0 Å². The van der Waals surface area contributed by atoms with Gasteiger partial charge in [-0.05, 0) is 19.3 Å². The molecule has 0 N–H and O–H groups in total. The Balaban J connectivity index is 3.07. The van der Waals surface area contributed by atoms with Crippen LogP contribution in [-0.4, -0.2) is 31.6 Å². The van der Waals surface area contributed by atoms with Crippen LogP contribution in [0.15, 0.2) is 5.10 Å². The zero-order chi connectivity index (χ0) is 8.53. The summed E-state index contributed by atoms with van der Waals surface area (Å²) in [7, 11) is 3.78. The van der Waals surface area contributed by atoms with Gasteiger partial charge in [-0.2, -0.15) is 5.10 Å². The number of hydrogen-bond acceptors (Lipinski definition) is 3. The Morgan fingerprint density at radius 3 is 2.45 bits per heavy atom. The van der Waals surface area contributed by atoms with E-state index in [1.54, 1.807) is 5.01 Å². The van der Waals surface area contributed by atoms with Gasteiger partial charge in [0.25, 0.3) is 0 Å². The van der Waals surface area contributed by atoms with Gasteiger partial charge >= 0.3 is 0 Å². The largest absolute Gasteiger partial charge is 0.303 e. The molecule has 0 heterocycles. The first-order valence-electron chi connectivity index (χ1n) is 3.90. The minimum atomic E-state index is 0.676. The molecule has 3 heteroatoms. The maximum atomic E-state index is 9.90. The van der Waals surface area contributed by atoms with E-state index in [1.807, 2.05) is 20.3 Å². The maximum absolute atomic E-state index is 9.90. The Bertz CT molecular complexity index is 121. The summed E-state index contributed by atoms with van der Waals surface area (Å²) in [6, 6.07) is 0. The maximum Gasteiger partial charge on any atom is 0.119 e. The fourth-order valence-electron chi connectivity index (χ4n) is 0.684. The van der Waals surface area contributed by atoms with Crippen molar-refractivity contribution >= 4 is 12.5 Å². The second-order valence-electron chi connectivity index (χ2n) is 2.60. The first kappa shape index (κ1) is 10.1. The van der Waals surface area contributed by atoms with Crippen LogP contribution in [0, 0.1) is 0 Å². The predicted octanol–water partition coefficient (Wildman–Crippen LogP) is 1.29. The molecule has 0 rings (SSSR count). The van der Waals surface area contributed by atoms with Crippen molar-refractivity contribution in [3.8, 4) is 0 Å². The number of nitrogens with zero attached hydrogens (tertiary/aromatic N) is 2. The lowest BCUT2D eigenvalue weighted by molar-refractivity contribution is -0.107. The predicted molar refractivity (Wildman–Crippen MR) is 46.7 cm³/mol. The van der Waals surface area contributed by atoms with Crippen LogP contribution in [0.5, 0.6) is 0 Å². The fraction of sp³-hybridized carbons (Fsp3) is 0.750. The standard InChI is InChI=1S/C8H16N2O/c1-10(2)9-7-5-3-4-6-8-11/h7-8H,3-6H2,1-2H3. The lowest BCUT2D eigenvalue weighted by Gasteiger charge is -2.01. The van der Waals surface area contributed by atoms with E-state index in [9.17, 15) is 4.79 Å². The SMILES string of the molecule is CN(C)N=CCCCCC=O. The van der Waals surface area contributed by atoms with Crippen LogP contribution in [0.1, 0.15) is 25.7 Å². The van der Waals surface area contributed by atoms with E-state index in [1.165, 1.54) is 0 Å². The van der Waals surface area contributed by atoms with Crippen molar-refractivity contribution in [1.29, 1.82) is 0 Å². The van der Waals surface area contributed by atoms with Crippen LogP contribution in [0.4, 0.5) is 0 Å². The lowest BCUT2D eigenvalue weighted by Crippen LogP contribution is -2.01. The highest BCUT2D eigenvalue weighted by molar-refractivity contribution is 5.56. The average Bonchev–Trinajstić information content (AvgIpc) is 1.96. The average molecular weight is 156 g/mol. The molecule has 3 nitrogen and oxygen atoms in total. The molecule has 0 fully saturated rings.